The van der Waals surface area contributed by atoms with Gasteiger partial charge in [0.25, 0.3) is 0 Å². The average Bonchev–Trinajstić information content (AvgIpc) is 2.16. The summed E-state index contributed by atoms with van der Waals surface area (Å²) in [6, 6.07) is 2.16. The molecule has 0 heterocycles. The van der Waals surface area contributed by atoms with E-state index in [1.54, 1.807) is 0 Å². The summed E-state index contributed by atoms with van der Waals surface area (Å²) in [6.07, 6.45) is -4.80. The van der Waals surface area contributed by atoms with Crippen molar-refractivity contribution in [1.82, 2.24) is 0 Å². The molecule has 0 unspecified atom stereocenters. The maximum atomic E-state index is 12.8. The maximum absolute atomic E-state index is 12.8. The first-order chi connectivity index (χ1) is 7.75. The molecule has 0 saturated carbocycles. The molecule has 0 spiro atoms. The third kappa shape index (κ3) is 5.01. The SMILES string of the molecule is F[N]=[W].OB(O)c1c(F)cccc1C(F)(F)F. The van der Waals surface area contributed by atoms with Gasteiger partial charge in [0.1, 0.15) is 5.82 Å². The van der Waals surface area contributed by atoms with Crippen molar-refractivity contribution in [3.63, 3.8) is 0 Å². The smallest absolute Gasteiger partial charge is 0.423 e. The van der Waals surface area contributed by atoms with Crippen LogP contribution in [0.15, 0.2) is 21.9 Å². The number of halogens is 5. The predicted molar refractivity (Wildman–Crippen MR) is 44.8 cm³/mol. The number of alkyl halides is 3. The molecule has 0 saturated heterocycles. The second-order valence-corrected chi connectivity index (χ2v) is 3.14. The summed E-state index contributed by atoms with van der Waals surface area (Å²) in [6.45, 7) is 0. The number of nitrogens with zero attached hydrogens (tertiary/aromatic N) is 1. The first-order valence-corrected chi connectivity index (χ1v) is 5.22. The predicted octanol–water partition coefficient (Wildman–Crippen LogP) is 1.13. The molecule has 0 fully saturated rings. The number of hydrogen-bond donors (Lipinski definition) is 2. The minimum atomic E-state index is -4.80. The van der Waals surface area contributed by atoms with E-state index in [1.165, 1.54) is 0 Å². The fourth-order valence-corrected chi connectivity index (χ4v) is 1.05. The van der Waals surface area contributed by atoms with Gasteiger partial charge in [-0.1, -0.05) is 12.1 Å². The molecule has 94 valence electrons. The molecular formula is C7H5BF5NO2W. The van der Waals surface area contributed by atoms with Gasteiger partial charge in [-0.25, -0.2) is 4.39 Å². The standard InChI is InChI=1S/C7H5BF4O2.FN.W/c9-5-3-1-2-4(7(10,11)12)6(5)8(13)14;1-2;/h1-3,13-14H;;. The molecular weight excluding hydrogens is 420 g/mol. The van der Waals surface area contributed by atoms with Gasteiger partial charge in [0, 0.05) is 5.46 Å². The zero-order valence-electron chi connectivity index (χ0n) is 7.95. The van der Waals surface area contributed by atoms with E-state index in [-0.39, 0.29) is 0 Å². The van der Waals surface area contributed by atoms with Crippen molar-refractivity contribution in [2.45, 2.75) is 6.18 Å². The largest absolute Gasteiger partial charge is 0.492 e. The Labute approximate surface area is 104 Å². The Morgan fingerprint density at radius 2 is 1.71 bits per heavy atom. The molecule has 0 atom stereocenters. The summed E-state index contributed by atoms with van der Waals surface area (Å²) in [4.78, 5) is 0. The summed E-state index contributed by atoms with van der Waals surface area (Å²) >= 11 is 0.630. The molecule has 0 radical (unpaired) electrons. The number of rotatable bonds is 1. The first-order valence-electron chi connectivity index (χ1n) is 3.91. The van der Waals surface area contributed by atoms with Gasteiger partial charge < -0.3 is 10.0 Å². The minimum Gasteiger partial charge on any atom is -0.423 e. The van der Waals surface area contributed by atoms with Crippen LogP contribution >= 0.6 is 0 Å². The molecule has 1 aromatic rings. The van der Waals surface area contributed by atoms with Gasteiger partial charge in [-0.15, -0.1) is 0 Å². The van der Waals surface area contributed by atoms with Gasteiger partial charge in [0.2, 0.25) is 0 Å². The van der Waals surface area contributed by atoms with Crippen LogP contribution in [0.3, 0.4) is 0 Å². The zero-order valence-corrected chi connectivity index (χ0v) is 10.9. The van der Waals surface area contributed by atoms with Gasteiger partial charge >= 0.3 is 41.1 Å². The second-order valence-electron chi connectivity index (χ2n) is 2.64. The minimum absolute atomic E-state index is 0.581. The van der Waals surface area contributed by atoms with Gasteiger partial charge in [0.05, 0.1) is 5.56 Å². The second kappa shape index (κ2) is 6.93. The van der Waals surface area contributed by atoms with Gasteiger partial charge in [-0.2, -0.15) is 13.2 Å². The summed E-state index contributed by atoms with van der Waals surface area (Å²) in [7, 11) is -2.48. The normalized spacial score (nSPS) is 10.3. The van der Waals surface area contributed by atoms with Crippen LogP contribution in [-0.4, -0.2) is 17.2 Å². The third-order valence-corrected chi connectivity index (χ3v) is 1.62. The van der Waals surface area contributed by atoms with Crippen LogP contribution in [0.2, 0.25) is 0 Å². The van der Waals surface area contributed by atoms with E-state index in [0.29, 0.717) is 25.7 Å². The molecule has 1 rings (SSSR count). The molecule has 1 aromatic carbocycles. The van der Waals surface area contributed by atoms with Crippen LogP contribution in [0.1, 0.15) is 5.56 Å². The summed E-state index contributed by atoms with van der Waals surface area (Å²) < 4.78 is 61.4. The van der Waals surface area contributed by atoms with Gasteiger partial charge in [-0.3, -0.25) is 0 Å². The topological polar surface area (TPSA) is 52.8 Å². The average molecular weight is 425 g/mol. The summed E-state index contributed by atoms with van der Waals surface area (Å²) in [5.74, 6) is -1.30. The fraction of sp³-hybridized carbons (Fsp3) is 0.143. The Morgan fingerprint density at radius 1 is 1.24 bits per heavy atom. The Bertz CT molecular complexity index is 387. The Hall–Kier alpha value is -0.657. The zero-order chi connectivity index (χ0) is 13.6. The quantitative estimate of drug-likeness (QED) is 0.524. The molecule has 0 aliphatic heterocycles. The van der Waals surface area contributed by atoms with Crippen LogP contribution in [0, 0.1) is 5.82 Å². The number of benzene rings is 1. The van der Waals surface area contributed by atoms with Crippen molar-refractivity contribution < 1.29 is 51.7 Å². The van der Waals surface area contributed by atoms with Crippen molar-refractivity contribution >= 4 is 12.6 Å². The van der Waals surface area contributed by atoms with Crippen LogP contribution in [-0.2, 0) is 25.8 Å². The van der Waals surface area contributed by atoms with E-state index >= 15 is 0 Å². The fourth-order valence-electron chi connectivity index (χ4n) is 1.05. The van der Waals surface area contributed by atoms with Crippen molar-refractivity contribution in [1.29, 1.82) is 0 Å². The molecule has 0 bridgehead atoms. The molecule has 0 aliphatic rings. The van der Waals surface area contributed by atoms with E-state index in [0.717, 1.165) is 12.1 Å². The van der Waals surface area contributed by atoms with Gasteiger partial charge in [0.15, 0.2) is 0 Å². The third-order valence-electron chi connectivity index (χ3n) is 1.62. The summed E-state index contributed by atoms with van der Waals surface area (Å²) in [5, 5.41) is 17.1. The van der Waals surface area contributed by atoms with Crippen LogP contribution in [0.5, 0.6) is 0 Å². The first kappa shape index (κ1) is 16.3. The Kier molecular flexibility index (Phi) is 6.66. The molecule has 0 amide bonds. The molecule has 0 aromatic heterocycles. The van der Waals surface area contributed by atoms with Crippen LogP contribution in [0.25, 0.3) is 0 Å². The molecule has 2 N–H and O–H groups in total. The van der Waals surface area contributed by atoms with E-state index in [9.17, 15) is 22.0 Å². The van der Waals surface area contributed by atoms with E-state index in [4.69, 9.17) is 10.0 Å². The monoisotopic (exact) mass is 425 g/mol. The van der Waals surface area contributed by atoms with E-state index in [1.807, 2.05) is 0 Å². The maximum Gasteiger partial charge on any atom is 0.492 e. The van der Waals surface area contributed by atoms with Crippen LogP contribution < -0.4 is 5.46 Å². The Morgan fingerprint density at radius 3 is 2.00 bits per heavy atom. The Balaban J connectivity index is 0.000000770. The van der Waals surface area contributed by atoms with Crippen molar-refractivity contribution in [3.8, 4) is 0 Å². The van der Waals surface area contributed by atoms with Gasteiger partial charge in [-0.05, 0) is 6.07 Å². The summed E-state index contributed by atoms with van der Waals surface area (Å²) in [5.41, 5.74) is -2.53. The number of hydrogen-bond acceptors (Lipinski definition) is 3. The molecule has 17 heavy (non-hydrogen) atoms. The van der Waals surface area contributed by atoms with Crippen molar-refractivity contribution in [3.05, 3.63) is 29.6 Å². The van der Waals surface area contributed by atoms with E-state index in [2.05, 4.69) is 3.72 Å². The van der Waals surface area contributed by atoms with Crippen LogP contribution in [0.4, 0.5) is 22.0 Å². The van der Waals surface area contributed by atoms with Crippen molar-refractivity contribution in [2.24, 2.45) is 3.72 Å². The molecule has 3 nitrogen and oxygen atoms in total. The molecule has 0 aliphatic carbocycles. The van der Waals surface area contributed by atoms with E-state index < -0.39 is 30.1 Å². The molecule has 10 heteroatoms. The van der Waals surface area contributed by atoms with Crippen molar-refractivity contribution in [2.75, 3.05) is 0 Å².